The Kier molecular flexibility index (Phi) is 5.30. The standard InChI is InChI=1S/C14H16Cl3N3/c1-2-20-13(18-10-19-20)7-14(8-15,9-16)11-3-5-12(17)6-4-11/h3-6,10H,2,7-9H2,1H3. The summed E-state index contributed by atoms with van der Waals surface area (Å²) in [5.41, 5.74) is 0.700. The van der Waals surface area contributed by atoms with Gasteiger partial charge in [0.05, 0.1) is 0 Å². The Labute approximate surface area is 133 Å². The maximum atomic E-state index is 6.24. The molecule has 1 aromatic heterocycles. The van der Waals surface area contributed by atoms with E-state index in [2.05, 4.69) is 10.1 Å². The molecular formula is C14H16Cl3N3. The van der Waals surface area contributed by atoms with E-state index in [1.807, 2.05) is 35.9 Å². The van der Waals surface area contributed by atoms with Gasteiger partial charge in [0.15, 0.2) is 0 Å². The smallest absolute Gasteiger partial charge is 0.138 e. The van der Waals surface area contributed by atoms with E-state index >= 15 is 0 Å². The highest BCUT2D eigenvalue weighted by molar-refractivity contribution is 6.30. The molecule has 2 aromatic rings. The van der Waals surface area contributed by atoms with E-state index in [0.29, 0.717) is 23.2 Å². The maximum absolute atomic E-state index is 6.24. The van der Waals surface area contributed by atoms with Gasteiger partial charge >= 0.3 is 0 Å². The van der Waals surface area contributed by atoms with Gasteiger partial charge in [-0.1, -0.05) is 23.7 Å². The summed E-state index contributed by atoms with van der Waals surface area (Å²) in [4.78, 5) is 4.32. The molecular weight excluding hydrogens is 317 g/mol. The molecule has 0 N–H and O–H groups in total. The van der Waals surface area contributed by atoms with Gasteiger partial charge in [-0.15, -0.1) is 23.2 Å². The molecule has 0 atom stereocenters. The van der Waals surface area contributed by atoms with Crippen molar-refractivity contribution in [1.29, 1.82) is 0 Å². The highest BCUT2D eigenvalue weighted by Crippen LogP contribution is 2.32. The number of halogens is 3. The summed E-state index contributed by atoms with van der Waals surface area (Å²) in [6, 6.07) is 7.66. The number of aryl methyl sites for hydroxylation is 1. The Balaban J connectivity index is 2.36. The van der Waals surface area contributed by atoms with Crippen LogP contribution in [0.1, 0.15) is 18.3 Å². The van der Waals surface area contributed by atoms with E-state index in [0.717, 1.165) is 17.9 Å². The van der Waals surface area contributed by atoms with Crippen LogP contribution in [0, 0.1) is 0 Å². The first-order valence-corrected chi connectivity index (χ1v) is 7.84. The van der Waals surface area contributed by atoms with Crippen molar-refractivity contribution in [2.75, 3.05) is 11.8 Å². The lowest BCUT2D eigenvalue weighted by Crippen LogP contribution is -2.34. The lowest BCUT2D eigenvalue weighted by molar-refractivity contribution is 0.490. The zero-order chi connectivity index (χ0) is 14.6. The third-order valence-electron chi connectivity index (χ3n) is 3.46. The van der Waals surface area contributed by atoms with Crippen LogP contribution in [-0.4, -0.2) is 26.5 Å². The van der Waals surface area contributed by atoms with E-state index in [9.17, 15) is 0 Å². The van der Waals surface area contributed by atoms with Crippen LogP contribution < -0.4 is 0 Å². The number of aromatic nitrogens is 3. The minimum atomic E-state index is -0.367. The van der Waals surface area contributed by atoms with Crippen LogP contribution in [0.25, 0.3) is 0 Å². The SMILES string of the molecule is CCn1ncnc1CC(CCl)(CCl)c1ccc(Cl)cc1. The van der Waals surface area contributed by atoms with Gasteiger partial charge in [0.25, 0.3) is 0 Å². The van der Waals surface area contributed by atoms with Gasteiger partial charge in [0, 0.05) is 35.2 Å². The van der Waals surface area contributed by atoms with Gasteiger partial charge in [-0.25, -0.2) is 4.98 Å². The molecule has 1 heterocycles. The molecule has 0 bridgehead atoms. The average molecular weight is 333 g/mol. The third-order valence-corrected chi connectivity index (χ3v) is 4.74. The van der Waals surface area contributed by atoms with Crippen LogP contribution in [0.2, 0.25) is 5.02 Å². The Bertz CT molecular complexity index is 547. The van der Waals surface area contributed by atoms with Crippen molar-refractivity contribution in [2.45, 2.75) is 25.3 Å². The van der Waals surface area contributed by atoms with Crippen molar-refractivity contribution < 1.29 is 0 Å². The second-order valence-electron chi connectivity index (χ2n) is 4.72. The Morgan fingerprint density at radius 1 is 1.15 bits per heavy atom. The van der Waals surface area contributed by atoms with E-state index in [1.165, 1.54) is 0 Å². The fourth-order valence-corrected chi connectivity index (χ4v) is 3.09. The summed E-state index contributed by atoms with van der Waals surface area (Å²) in [6.07, 6.45) is 2.21. The molecule has 108 valence electrons. The average Bonchev–Trinajstić information content (AvgIpc) is 2.93. The zero-order valence-corrected chi connectivity index (χ0v) is 13.5. The van der Waals surface area contributed by atoms with Crippen LogP contribution >= 0.6 is 34.8 Å². The molecule has 0 fully saturated rings. The quantitative estimate of drug-likeness (QED) is 0.751. The first-order valence-electron chi connectivity index (χ1n) is 6.40. The number of alkyl halides is 2. The number of rotatable bonds is 6. The summed E-state index contributed by atoms with van der Waals surface area (Å²) in [7, 11) is 0. The second kappa shape index (κ2) is 6.79. The molecule has 0 aliphatic carbocycles. The highest BCUT2D eigenvalue weighted by Gasteiger charge is 2.32. The minimum Gasteiger partial charge on any atom is -0.250 e. The summed E-state index contributed by atoms with van der Waals surface area (Å²) < 4.78 is 1.86. The van der Waals surface area contributed by atoms with Gasteiger partial charge in [-0.2, -0.15) is 5.10 Å². The normalized spacial score (nSPS) is 11.8. The Hall–Kier alpha value is -0.770. The van der Waals surface area contributed by atoms with Crippen LogP contribution in [-0.2, 0) is 18.4 Å². The molecule has 0 spiro atoms. The van der Waals surface area contributed by atoms with Crippen LogP contribution in [0.4, 0.5) is 0 Å². The summed E-state index contributed by atoms with van der Waals surface area (Å²) in [5.74, 6) is 1.72. The van der Waals surface area contributed by atoms with E-state index < -0.39 is 0 Å². The van der Waals surface area contributed by atoms with Crippen molar-refractivity contribution in [3.05, 3.63) is 47.0 Å². The van der Waals surface area contributed by atoms with Crippen molar-refractivity contribution in [3.63, 3.8) is 0 Å². The van der Waals surface area contributed by atoms with E-state index in [-0.39, 0.29) is 5.41 Å². The van der Waals surface area contributed by atoms with Crippen molar-refractivity contribution in [3.8, 4) is 0 Å². The molecule has 0 aliphatic rings. The topological polar surface area (TPSA) is 30.7 Å². The largest absolute Gasteiger partial charge is 0.250 e. The molecule has 2 rings (SSSR count). The molecule has 0 amide bonds. The zero-order valence-electron chi connectivity index (χ0n) is 11.2. The first-order chi connectivity index (χ1) is 9.65. The lowest BCUT2D eigenvalue weighted by atomic mass is 9.81. The van der Waals surface area contributed by atoms with Crippen molar-refractivity contribution in [1.82, 2.24) is 14.8 Å². The predicted molar refractivity (Wildman–Crippen MR) is 84.0 cm³/mol. The van der Waals surface area contributed by atoms with Crippen LogP contribution in [0.15, 0.2) is 30.6 Å². The molecule has 1 aromatic carbocycles. The monoisotopic (exact) mass is 331 g/mol. The van der Waals surface area contributed by atoms with Crippen LogP contribution in [0.5, 0.6) is 0 Å². The molecule has 0 saturated heterocycles. The van der Waals surface area contributed by atoms with E-state index in [1.54, 1.807) is 6.33 Å². The molecule has 3 nitrogen and oxygen atoms in total. The van der Waals surface area contributed by atoms with Gasteiger partial charge in [0.2, 0.25) is 0 Å². The molecule has 6 heteroatoms. The summed E-state index contributed by atoms with van der Waals surface area (Å²) >= 11 is 18.4. The van der Waals surface area contributed by atoms with Gasteiger partial charge in [-0.3, -0.25) is 4.68 Å². The number of nitrogens with zero attached hydrogens (tertiary/aromatic N) is 3. The van der Waals surface area contributed by atoms with Gasteiger partial charge < -0.3 is 0 Å². The molecule has 0 radical (unpaired) electrons. The Morgan fingerprint density at radius 2 is 1.80 bits per heavy atom. The molecule has 20 heavy (non-hydrogen) atoms. The molecule has 0 saturated carbocycles. The van der Waals surface area contributed by atoms with Gasteiger partial charge in [0.1, 0.15) is 12.2 Å². The van der Waals surface area contributed by atoms with Crippen LogP contribution in [0.3, 0.4) is 0 Å². The molecule has 0 unspecified atom stereocenters. The second-order valence-corrected chi connectivity index (χ2v) is 5.69. The van der Waals surface area contributed by atoms with Gasteiger partial charge in [-0.05, 0) is 24.6 Å². The summed E-state index contributed by atoms with van der Waals surface area (Å²) in [6.45, 7) is 2.81. The predicted octanol–water partition coefficient (Wildman–Crippen LogP) is 3.91. The van der Waals surface area contributed by atoms with Crippen molar-refractivity contribution in [2.24, 2.45) is 0 Å². The summed E-state index contributed by atoms with van der Waals surface area (Å²) in [5, 5.41) is 4.89. The number of benzene rings is 1. The fourth-order valence-electron chi connectivity index (χ4n) is 2.18. The fraction of sp³-hybridized carbons (Fsp3) is 0.429. The number of hydrogen-bond acceptors (Lipinski definition) is 2. The van der Waals surface area contributed by atoms with Crippen molar-refractivity contribution >= 4 is 34.8 Å². The minimum absolute atomic E-state index is 0.367. The lowest BCUT2D eigenvalue weighted by Gasteiger charge is -2.30. The first kappa shape index (κ1) is 15.6. The highest BCUT2D eigenvalue weighted by atomic mass is 35.5. The maximum Gasteiger partial charge on any atom is 0.138 e. The molecule has 0 aliphatic heterocycles. The number of hydrogen-bond donors (Lipinski definition) is 0. The van der Waals surface area contributed by atoms with E-state index in [4.69, 9.17) is 34.8 Å². The third kappa shape index (κ3) is 3.11. The Morgan fingerprint density at radius 3 is 2.35 bits per heavy atom.